The molecule has 0 fully saturated rings. The summed E-state index contributed by atoms with van der Waals surface area (Å²) in [7, 11) is -3.92. The minimum atomic E-state index is -3.92. The van der Waals surface area contributed by atoms with Crippen molar-refractivity contribution in [2.45, 2.75) is 23.3 Å². The maximum Gasteiger partial charge on any atom is 0.276 e. The summed E-state index contributed by atoms with van der Waals surface area (Å²) in [5.41, 5.74) is 0.380. The van der Waals surface area contributed by atoms with Crippen LogP contribution < -0.4 is 5.32 Å². The molecule has 1 aromatic carbocycles. The molecular formula is C18H15ClFN3O3S2. The second-order valence-electron chi connectivity index (χ2n) is 5.74. The fourth-order valence-electron chi connectivity index (χ4n) is 2.44. The van der Waals surface area contributed by atoms with Gasteiger partial charge in [-0.2, -0.15) is 0 Å². The Morgan fingerprint density at radius 2 is 2.04 bits per heavy atom. The Morgan fingerprint density at radius 3 is 2.68 bits per heavy atom. The van der Waals surface area contributed by atoms with E-state index in [0.717, 1.165) is 17.4 Å². The van der Waals surface area contributed by atoms with Gasteiger partial charge in [-0.15, -0.1) is 0 Å². The number of thiazole rings is 1. The minimum Gasteiger partial charge on any atom is -0.296 e. The summed E-state index contributed by atoms with van der Waals surface area (Å²) in [5.74, 6) is -1.79. The number of anilines is 1. The summed E-state index contributed by atoms with van der Waals surface area (Å²) in [4.78, 5) is 20.4. The van der Waals surface area contributed by atoms with Crippen molar-refractivity contribution in [3.05, 3.63) is 70.4 Å². The summed E-state index contributed by atoms with van der Waals surface area (Å²) in [6, 6.07) is 8.86. The molecule has 0 aliphatic carbocycles. The number of carbonyl (C=O) groups excluding carboxylic acids is 1. The Morgan fingerprint density at radius 1 is 1.25 bits per heavy atom. The van der Waals surface area contributed by atoms with Crippen molar-refractivity contribution < 1.29 is 17.6 Å². The standard InChI is InChI=1S/C18H15ClFN3O3S2/c1-2-14-17(28(25,26)10-11-12(19)6-5-7-13(11)20)27-18(22-14)23-16(24)15-8-3-4-9-21-15/h3-9H,2,10H2,1H3,(H,22,23,24). The average Bonchev–Trinajstić information content (AvgIpc) is 3.09. The molecule has 10 heteroatoms. The Bertz CT molecular complexity index is 1100. The molecule has 0 atom stereocenters. The maximum atomic E-state index is 14.0. The molecule has 3 aromatic rings. The van der Waals surface area contributed by atoms with E-state index in [2.05, 4.69) is 15.3 Å². The highest BCUT2D eigenvalue weighted by Crippen LogP contribution is 2.32. The predicted molar refractivity (Wildman–Crippen MR) is 106 cm³/mol. The number of benzene rings is 1. The Balaban J connectivity index is 1.90. The Hall–Kier alpha value is -2.36. The molecule has 0 spiro atoms. The number of rotatable bonds is 6. The molecule has 1 N–H and O–H groups in total. The first kappa shape index (κ1) is 20.4. The summed E-state index contributed by atoms with van der Waals surface area (Å²) in [6.45, 7) is 1.74. The molecule has 0 unspecified atom stereocenters. The lowest BCUT2D eigenvalue weighted by Crippen LogP contribution is -2.13. The topological polar surface area (TPSA) is 89.0 Å². The number of nitrogens with one attached hydrogen (secondary N) is 1. The van der Waals surface area contributed by atoms with E-state index < -0.39 is 27.3 Å². The van der Waals surface area contributed by atoms with E-state index in [1.165, 1.54) is 24.4 Å². The van der Waals surface area contributed by atoms with Gasteiger partial charge in [-0.05, 0) is 30.7 Å². The van der Waals surface area contributed by atoms with Crippen LogP contribution in [0.2, 0.25) is 5.02 Å². The van der Waals surface area contributed by atoms with Crippen LogP contribution in [0.15, 0.2) is 46.8 Å². The van der Waals surface area contributed by atoms with Gasteiger partial charge in [0, 0.05) is 16.8 Å². The molecule has 2 heterocycles. The highest BCUT2D eigenvalue weighted by molar-refractivity contribution is 7.92. The van der Waals surface area contributed by atoms with Crippen molar-refractivity contribution in [2.75, 3.05) is 5.32 Å². The van der Waals surface area contributed by atoms with Crippen LogP contribution in [0, 0.1) is 5.82 Å². The molecule has 6 nitrogen and oxygen atoms in total. The molecule has 1 amide bonds. The lowest BCUT2D eigenvalue weighted by Gasteiger charge is -2.07. The number of aromatic nitrogens is 2. The monoisotopic (exact) mass is 439 g/mol. The van der Waals surface area contributed by atoms with Gasteiger partial charge in [0.25, 0.3) is 5.91 Å². The summed E-state index contributed by atoms with van der Waals surface area (Å²) < 4.78 is 39.7. The second kappa shape index (κ2) is 8.34. The van der Waals surface area contributed by atoms with Gasteiger partial charge in [-0.3, -0.25) is 15.1 Å². The van der Waals surface area contributed by atoms with E-state index in [9.17, 15) is 17.6 Å². The molecule has 28 heavy (non-hydrogen) atoms. The number of halogens is 2. The van der Waals surface area contributed by atoms with E-state index in [0.29, 0.717) is 12.1 Å². The van der Waals surface area contributed by atoms with E-state index in [1.54, 1.807) is 19.1 Å². The first-order valence-electron chi connectivity index (χ1n) is 8.19. The number of carbonyl (C=O) groups is 1. The third-order valence-corrected chi connectivity index (χ3v) is 7.44. The molecule has 0 saturated heterocycles. The number of amides is 1. The number of hydrogen-bond acceptors (Lipinski definition) is 6. The van der Waals surface area contributed by atoms with Gasteiger partial charge in [0.2, 0.25) is 0 Å². The zero-order valence-corrected chi connectivity index (χ0v) is 17.0. The molecule has 0 radical (unpaired) electrons. The molecule has 2 aromatic heterocycles. The van der Waals surface area contributed by atoms with E-state index in [1.807, 2.05) is 0 Å². The van der Waals surface area contributed by atoms with Gasteiger partial charge in [0.05, 0.1) is 11.4 Å². The highest BCUT2D eigenvalue weighted by atomic mass is 35.5. The largest absolute Gasteiger partial charge is 0.296 e. The molecular weight excluding hydrogens is 425 g/mol. The van der Waals surface area contributed by atoms with Crippen LogP contribution >= 0.6 is 22.9 Å². The van der Waals surface area contributed by atoms with Crippen molar-refractivity contribution in [3.8, 4) is 0 Å². The predicted octanol–water partition coefficient (Wildman–Crippen LogP) is 4.12. The SMILES string of the molecule is CCc1nc(NC(=O)c2ccccn2)sc1S(=O)(=O)Cc1c(F)cccc1Cl. The van der Waals surface area contributed by atoms with Crippen LogP contribution in [0.25, 0.3) is 0 Å². The van der Waals surface area contributed by atoms with Crippen molar-refractivity contribution in [1.29, 1.82) is 0 Å². The van der Waals surface area contributed by atoms with Gasteiger partial charge in [-0.25, -0.2) is 17.8 Å². The van der Waals surface area contributed by atoms with Crippen LogP contribution in [-0.4, -0.2) is 24.3 Å². The third-order valence-electron chi connectivity index (χ3n) is 3.79. The van der Waals surface area contributed by atoms with Crippen LogP contribution in [0.5, 0.6) is 0 Å². The van der Waals surface area contributed by atoms with E-state index >= 15 is 0 Å². The smallest absolute Gasteiger partial charge is 0.276 e. The minimum absolute atomic E-state index is 0.0226. The van der Waals surface area contributed by atoms with Gasteiger partial charge in [-0.1, -0.05) is 42.0 Å². The second-order valence-corrected chi connectivity index (χ2v) is 9.33. The van der Waals surface area contributed by atoms with Crippen LogP contribution in [-0.2, 0) is 22.0 Å². The zero-order chi connectivity index (χ0) is 20.3. The van der Waals surface area contributed by atoms with Crippen LogP contribution in [0.4, 0.5) is 9.52 Å². The van der Waals surface area contributed by atoms with Gasteiger partial charge >= 0.3 is 0 Å². The maximum absolute atomic E-state index is 14.0. The molecule has 146 valence electrons. The summed E-state index contributed by atoms with van der Waals surface area (Å²) in [6.07, 6.45) is 1.80. The normalized spacial score (nSPS) is 11.4. The first-order chi connectivity index (χ1) is 13.3. The lowest BCUT2D eigenvalue weighted by atomic mass is 10.2. The quantitative estimate of drug-likeness (QED) is 0.624. The van der Waals surface area contributed by atoms with Gasteiger partial charge in [0.1, 0.15) is 15.7 Å². The van der Waals surface area contributed by atoms with Crippen LogP contribution in [0.3, 0.4) is 0 Å². The van der Waals surface area contributed by atoms with Crippen molar-refractivity contribution in [2.24, 2.45) is 0 Å². The zero-order valence-electron chi connectivity index (χ0n) is 14.6. The lowest BCUT2D eigenvalue weighted by molar-refractivity contribution is 0.102. The van der Waals surface area contributed by atoms with Crippen LogP contribution in [0.1, 0.15) is 28.7 Å². The van der Waals surface area contributed by atoms with Gasteiger partial charge < -0.3 is 0 Å². The molecule has 3 rings (SSSR count). The number of hydrogen-bond donors (Lipinski definition) is 1. The number of sulfone groups is 1. The number of nitrogens with zero attached hydrogens (tertiary/aromatic N) is 2. The highest BCUT2D eigenvalue weighted by Gasteiger charge is 2.26. The first-order valence-corrected chi connectivity index (χ1v) is 11.0. The Kier molecular flexibility index (Phi) is 6.07. The molecule has 0 aliphatic heterocycles. The summed E-state index contributed by atoms with van der Waals surface area (Å²) in [5, 5.41) is 2.72. The fourth-order valence-corrected chi connectivity index (χ4v) is 5.81. The van der Waals surface area contributed by atoms with Crippen molar-refractivity contribution >= 4 is 43.8 Å². The van der Waals surface area contributed by atoms with E-state index in [4.69, 9.17) is 11.6 Å². The molecule has 0 aliphatic rings. The third kappa shape index (κ3) is 4.37. The number of aryl methyl sites for hydroxylation is 1. The summed E-state index contributed by atoms with van der Waals surface area (Å²) >= 11 is 6.78. The molecule has 0 saturated carbocycles. The number of pyridine rings is 1. The Labute approximate surface area is 170 Å². The average molecular weight is 440 g/mol. The van der Waals surface area contributed by atoms with Crippen molar-refractivity contribution in [3.63, 3.8) is 0 Å². The van der Waals surface area contributed by atoms with E-state index in [-0.39, 0.29) is 25.6 Å². The van der Waals surface area contributed by atoms with Gasteiger partial charge in [0.15, 0.2) is 15.0 Å². The van der Waals surface area contributed by atoms with Crippen molar-refractivity contribution in [1.82, 2.24) is 9.97 Å². The molecule has 0 bridgehead atoms. The fraction of sp³-hybridized carbons (Fsp3) is 0.167.